The normalized spacial score (nSPS) is 17.4. The molecule has 2 atom stereocenters. The number of hydrogen-bond acceptors (Lipinski definition) is 3. The summed E-state index contributed by atoms with van der Waals surface area (Å²) in [5.74, 6) is 0.489. The van der Waals surface area contributed by atoms with Crippen LogP contribution in [-0.4, -0.2) is 28.9 Å². The highest BCUT2D eigenvalue weighted by Gasteiger charge is 2.32. The third-order valence-electron chi connectivity index (χ3n) is 5.09. The first-order valence-corrected chi connectivity index (χ1v) is 9.97. The fourth-order valence-corrected chi connectivity index (χ4v) is 3.33. The van der Waals surface area contributed by atoms with Crippen LogP contribution >= 0.6 is 11.6 Å². The third kappa shape index (κ3) is 4.30. The van der Waals surface area contributed by atoms with E-state index in [0.717, 1.165) is 12.0 Å². The largest absolute Gasteiger partial charge is 0.480 e. The SMILES string of the molecule is CC[C@@H]1Oc2ccc(NC(=O)c3ccc(Cl)cc3)cc2CN([C@@H](C)CC)C1=O. The van der Waals surface area contributed by atoms with Crippen LogP contribution in [-0.2, 0) is 11.3 Å². The van der Waals surface area contributed by atoms with Crippen LogP contribution in [0.4, 0.5) is 5.69 Å². The first-order chi connectivity index (χ1) is 13.4. The molecule has 1 heterocycles. The minimum Gasteiger partial charge on any atom is -0.480 e. The summed E-state index contributed by atoms with van der Waals surface area (Å²) in [6.07, 6.45) is 0.995. The van der Waals surface area contributed by atoms with E-state index in [9.17, 15) is 9.59 Å². The predicted molar refractivity (Wildman–Crippen MR) is 111 cm³/mol. The Kier molecular flexibility index (Phi) is 6.25. The molecule has 1 N–H and O–H groups in total. The summed E-state index contributed by atoms with van der Waals surface area (Å²) in [5, 5.41) is 3.48. The van der Waals surface area contributed by atoms with E-state index >= 15 is 0 Å². The number of carbonyl (C=O) groups excluding carboxylic acids is 2. The van der Waals surface area contributed by atoms with Crippen molar-refractivity contribution in [1.29, 1.82) is 0 Å². The summed E-state index contributed by atoms with van der Waals surface area (Å²) >= 11 is 5.88. The molecule has 0 unspecified atom stereocenters. The van der Waals surface area contributed by atoms with Crippen LogP contribution in [0.3, 0.4) is 0 Å². The van der Waals surface area contributed by atoms with E-state index in [1.165, 1.54) is 0 Å². The van der Waals surface area contributed by atoms with Gasteiger partial charge in [0.15, 0.2) is 6.10 Å². The number of rotatable bonds is 5. The molecule has 2 aromatic carbocycles. The molecule has 2 aromatic rings. The lowest BCUT2D eigenvalue weighted by molar-refractivity contribution is -0.140. The second-order valence-corrected chi connectivity index (χ2v) is 7.46. The predicted octanol–water partition coefficient (Wildman–Crippen LogP) is 4.89. The topological polar surface area (TPSA) is 58.6 Å². The van der Waals surface area contributed by atoms with E-state index in [0.29, 0.717) is 35.0 Å². The monoisotopic (exact) mass is 400 g/mol. The highest BCUT2D eigenvalue weighted by atomic mass is 35.5. The molecule has 1 aliphatic heterocycles. The first-order valence-electron chi connectivity index (χ1n) is 9.59. The van der Waals surface area contributed by atoms with Crippen LogP contribution in [0.25, 0.3) is 0 Å². The summed E-state index contributed by atoms with van der Waals surface area (Å²) in [5.41, 5.74) is 2.07. The Morgan fingerprint density at radius 3 is 2.61 bits per heavy atom. The van der Waals surface area contributed by atoms with E-state index in [2.05, 4.69) is 12.2 Å². The molecule has 3 rings (SSSR count). The van der Waals surface area contributed by atoms with Crippen LogP contribution in [0.1, 0.15) is 49.5 Å². The van der Waals surface area contributed by atoms with Gasteiger partial charge < -0.3 is 15.0 Å². The number of ether oxygens (including phenoxy) is 1. The van der Waals surface area contributed by atoms with Gasteiger partial charge in [0.2, 0.25) is 0 Å². The third-order valence-corrected chi connectivity index (χ3v) is 5.34. The number of halogens is 1. The summed E-state index contributed by atoms with van der Waals surface area (Å²) in [7, 11) is 0. The summed E-state index contributed by atoms with van der Waals surface area (Å²) in [4.78, 5) is 27.2. The van der Waals surface area contributed by atoms with Crippen molar-refractivity contribution >= 4 is 29.1 Å². The van der Waals surface area contributed by atoms with Crippen LogP contribution in [0.2, 0.25) is 5.02 Å². The van der Waals surface area contributed by atoms with Crippen LogP contribution in [0.5, 0.6) is 5.75 Å². The fraction of sp³-hybridized carbons (Fsp3) is 0.364. The van der Waals surface area contributed by atoms with Crippen molar-refractivity contribution in [1.82, 2.24) is 4.90 Å². The molecule has 0 saturated heterocycles. The highest BCUT2D eigenvalue weighted by molar-refractivity contribution is 6.30. The Morgan fingerprint density at radius 1 is 1.25 bits per heavy atom. The number of amides is 2. The molecule has 5 nitrogen and oxygen atoms in total. The molecule has 148 valence electrons. The van der Waals surface area contributed by atoms with Gasteiger partial charge in [-0.25, -0.2) is 0 Å². The molecule has 0 spiro atoms. The molecular weight excluding hydrogens is 376 g/mol. The van der Waals surface area contributed by atoms with Gasteiger partial charge in [0.05, 0.1) is 0 Å². The summed E-state index contributed by atoms with van der Waals surface area (Å²) in [6, 6.07) is 12.3. The number of anilines is 1. The number of carbonyl (C=O) groups is 2. The van der Waals surface area contributed by atoms with Crippen molar-refractivity contribution in [3.63, 3.8) is 0 Å². The van der Waals surface area contributed by atoms with Gasteiger partial charge in [-0.2, -0.15) is 0 Å². The molecule has 0 bridgehead atoms. The number of nitrogens with one attached hydrogen (secondary N) is 1. The number of nitrogens with zero attached hydrogens (tertiary/aromatic N) is 1. The number of fused-ring (bicyclic) bond motifs is 1. The second-order valence-electron chi connectivity index (χ2n) is 7.02. The molecule has 0 aromatic heterocycles. The average molecular weight is 401 g/mol. The zero-order valence-corrected chi connectivity index (χ0v) is 17.1. The van der Waals surface area contributed by atoms with E-state index in [-0.39, 0.29) is 17.9 Å². The number of benzene rings is 2. The maximum atomic E-state index is 12.8. The maximum Gasteiger partial charge on any atom is 0.264 e. The Morgan fingerprint density at radius 2 is 1.96 bits per heavy atom. The van der Waals surface area contributed by atoms with Gasteiger partial charge in [-0.1, -0.05) is 25.4 Å². The van der Waals surface area contributed by atoms with E-state index < -0.39 is 6.10 Å². The van der Waals surface area contributed by atoms with Crippen molar-refractivity contribution < 1.29 is 14.3 Å². The molecule has 0 radical (unpaired) electrons. The van der Waals surface area contributed by atoms with Gasteiger partial charge in [-0.05, 0) is 62.2 Å². The molecule has 0 fully saturated rings. The van der Waals surface area contributed by atoms with Crippen LogP contribution < -0.4 is 10.1 Å². The lowest BCUT2D eigenvalue weighted by Gasteiger charge is -2.28. The molecule has 28 heavy (non-hydrogen) atoms. The van der Waals surface area contributed by atoms with Gasteiger partial charge >= 0.3 is 0 Å². The van der Waals surface area contributed by atoms with Gasteiger partial charge in [0, 0.05) is 34.4 Å². The van der Waals surface area contributed by atoms with Gasteiger partial charge in [0.25, 0.3) is 11.8 Å². The Labute approximate surface area is 170 Å². The summed E-state index contributed by atoms with van der Waals surface area (Å²) in [6.45, 7) is 6.52. The van der Waals surface area contributed by atoms with Gasteiger partial charge in [0.1, 0.15) is 5.75 Å². The Hall–Kier alpha value is -2.53. The van der Waals surface area contributed by atoms with Crippen molar-refractivity contribution in [2.45, 2.75) is 52.3 Å². The first kappa shape index (κ1) is 20.2. The fourth-order valence-electron chi connectivity index (χ4n) is 3.20. The molecule has 0 saturated carbocycles. The Balaban J connectivity index is 1.86. The van der Waals surface area contributed by atoms with Crippen molar-refractivity contribution in [3.8, 4) is 5.75 Å². The van der Waals surface area contributed by atoms with Crippen molar-refractivity contribution in [3.05, 3.63) is 58.6 Å². The van der Waals surface area contributed by atoms with Crippen molar-refractivity contribution in [2.24, 2.45) is 0 Å². The van der Waals surface area contributed by atoms with E-state index in [1.54, 1.807) is 30.3 Å². The van der Waals surface area contributed by atoms with E-state index in [1.807, 2.05) is 30.9 Å². The lowest BCUT2D eigenvalue weighted by Crippen LogP contribution is -2.43. The summed E-state index contributed by atoms with van der Waals surface area (Å²) < 4.78 is 5.98. The minimum absolute atomic E-state index is 0.0137. The quantitative estimate of drug-likeness (QED) is 0.777. The van der Waals surface area contributed by atoms with Crippen LogP contribution in [0.15, 0.2) is 42.5 Å². The standard InChI is InChI=1S/C22H25ClN2O3/c1-4-14(3)25-13-16-12-18(10-11-20(16)28-19(5-2)22(25)27)24-21(26)15-6-8-17(23)9-7-15/h6-12,14,19H,4-5,13H2,1-3H3,(H,24,26)/t14-,19-/m0/s1. The molecule has 1 aliphatic rings. The lowest BCUT2D eigenvalue weighted by atomic mass is 10.1. The minimum atomic E-state index is -0.482. The zero-order chi connectivity index (χ0) is 20.3. The molecule has 0 aliphatic carbocycles. The number of hydrogen-bond donors (Lipinski definition) is 1. The molecule has 6 heteroatoms. The van der Waals surface area contributed by atoms with Crippen molar-refractivity contribution in [2.75, 3.05) is 5.32 Å². The average Bonchev–Trinajstić information content (AvgIpc) is 2.84. The van der Waals surface area contributed by atoms with Gasteiger partial charge in [-0.3, -0.25) is 9.59 Å². The zero-order valence-electron chi connectivity index (χ0n) is 16.4. The maximum absolute atomic E-state index is 12.8. The molecular formula is C22H25ClN2O3. The second kappa shape index (κ2) is 8.65. The molecule has 2 amide bonds. The smallest absolute Gasteiger partial charge is 0.264 e. The van der Waals surface area contributed by atoms with Crippen LogP contribution in [0, 0.1) is 0 Å². The van der Waals surface area contributed by atoms with E-state index in [4.69, 9.17) is 16.3 Å². The Bertz CT molecular complexity index is 867. The highest BCUT2D eigenvalue weighted by Crippen LogP contribution is 2.30. The van der Waals surface area contributed by atoms with Gasteiger partial charge in [-0.15, -0.1) is 0 Å².